The maximum Gasteiger partial charge on any atom is 0.0619 e. The average molecular weight is 346 g/mol. The van der Waals surface area contributed by atoms with Crippen LogP contribution in [0.1, 0.15) is 98.3 Å². The smallest absolute Gasteiger partial charge is 0.0619 e. The van der Waals surface area contributed by atoms with Crippen LogP contribution in [-0.2, 0) is 0 Å². The van der Waals surface area contributed by atoms with Crippen LogP contribution in [0.5, 0.6) is 0 Å². The zero-order valence-corrected chi connectivity index (χ0v) is 17.9. The molecule has 1 aliphatic rings. The van der Waals surface area contributed by atoms with Crippen molar-refractivity contribution in [2.24, 2.45) is 5.41 Å². The first-order chi connectivity index (χ1) is 10.7. The van der Waals surface area contributed by atoms with E-state index in [2.05, 4.69) is 27.7 Å². The normalized spacial score (nSPS) is 21.3. The molecule has 0 aliphatic carbocycles. The third-order valence-corrected chi connectivity index (χ3v) is 15.4. The lowest BCUT2D eigenvalue weighted by atomic mass is 9.78. The fraction of sp³-hybridized carbons (Fsp3) is 1.00. The van der Waals surface area contributed by atoms with Gasteiger partial charge in [0.25, 0.3) is 0 Å². The Hall–Kier alpha value is 0.860. The quantitative estimate of drug-likeness (QED) is 0.315. The Kier molecular flexibility index (Phi) is 10.9. The van der Waals surface area contributed by atoms with Crippen LogP contribution < -0.4 is 0 Å². The molecule has 1 rings (SSSR count). The third kappa shape index (κ3) is 6.77. The molecular weight excluding hydrogens is 302 g/mol. The van der Waals surface area contributed by atoms with Crippen molar-refractivity contribution < 1.29 is 0 Å². The van der Waals surface area contributed by atoms with Crippen LogP contribution >= 0.6 is 15.2 Å². The fourth-order valence-electron chi connectivity index (χ4n) is 4.02. The van der Waals surface area contributed by atoms with Crippen LogP contribution in [0.3, 0.4) is 0 Å². The molecule has 0 aromatic rings. The van der Waals surface area contributed by atoms with Crippen LogP contribution in [0.25, 0.3) is 0 Å². The molecule has 22 heavy (non-hydrogen) atoms. The molecule has 0 bridgehead atoms. The van der Waals surface area contributed by atoms with Gasteiger partial charge in [-0.25, -0.2) is 0 Å². The fourth-order valence-corrected chi connectivity index (χ4v) is 13.8. The summed E-state index contributed by atoms with van der Waals surface area (Å²) in [7, 11) is 1.37. The molecule has 1 fully saturated rings. The van der Waals surface area contributed by atoms with E-state index >= 15 is 0 Å². The predicted octanol–water partition coefficient (Wildman–Crippen LogP) is 7.97. The summed E-state index contributed by atoms with van der Waals surface area (Å²) in [5, 5.41) is 0. The third-order valence-electron chi connectivity index (χ3n) is 5.86. The van der Waals surface area contributed by atoms with Crippen molar-refractivity contribution in [1.82, 2.24) is 0 Å². The first kappa shape index (κ1) is 20.9. The van der Waals surface area contributed by atoms with Crippen LogP contribution in [0.15, 0.2) is 0 Å². The maximum atomic E-state index is 2.39. The molecule has 0 aromatic heterocycles. The van der Waals surface area contributed by atoms with Gasteiger partial charge in [0.1, 0.15) is 0 Å². The van der Waals surface area contributed by atoms with Crippen molar-refractivity contribution in [2.45, 2.75) is 98.3 Å². The molecule has 0 N–H and O–H groups in total. The minimum Gasteiger partial charge on any atom is -0.0654 e. The number of rotatable bonds is 12. The molecule has 0 spiro atoms. The zero-order valence-electron chi connectivity index (χ0n) is 16.1. The van der Waals surface area contributed by atoms with Crippen molar-refractivity contribution in [1.29, 1.82) is 0 Å². The Bertz CT molecular complexity index is 219. The molecule has 0 radical (unpaired) electrons. The van der Waals surface area contributed by atoms with E-state index in [1.165, 1.54) is 72.5 Å². The van der Waals surface area contributed by atoms with Gasteiger partial charge in [0.2, 0.25) is 0 Å². The SMILES string of the molecule is CCCCC1(CCCC)CC[P+](CCCC)(CCCC)PC1. The largest absolute Gasteiger partial charge is 0.0654 e. The summed E-state index contributed by atoms with van der Waals surface area (Å²) in [5.74, 6) is 0. The van der Waals surface area contributed by atoms with E-state index in [1.807, 2.05) is 0 Å². The molecule has 2 heteroatoms. The van der Waals surface area contributed by atoms with Gasteiger partial charge in [-0.2, -0.15) is 0 Å². The van der Waals surface area contributed by atoms with Crippen molar-refractivity contribution >= 4 is 15.2 Å². The topological polar surface area (TPSA) is 0 Å². The van der Waals surface area contributed by atoms with Gasteiger partial charge in [-0.15, -0.1) is 0 Å². The van der Waals surface area contributed by atoms with Gasteiger partial charge in [-0.1, -0.05) is 66.2 Å². The Labute approximate surface area is 144 Å². The molecule has 1 atom stereocenters. The summed E-state index contributed by atoms with van der Waals surface area (Å²) in [4.78, 5) is 0. The van der Waals surface area contributed by atoms with Gasteiger partial charge in [0.05, 0.1) is 18.5 Å². The summed E-state index contributed by atoms with van der Waals surface area (Å²) in [6.07, 6.45) is 22.8. The van der Waals surface area contributed by atoms with Gasteiger partial charge in [0.15, 0.2) is 0 Å². The predicted molar refractivity (Wildman–Crippen MR) is 111 cm³/mol. The van der Waals surface area contributed by atoms with E-state index in [9.17, 15) is 0 Å². The Morgan fingerprint density at radius 3 is 1.64 bits per heavy atom. The second-order valence-electron chi connectivity index (χ2n) is 7.82. The van der Waals surface area contributed by atoms with E-state index < -0.39 is 6.95 Å². The van der Waals surface area contributed by atoms with Crippen molar-refractivity contribution in [3.05, 3.63) is 0 Å². The Morgan fingerprint density at radius 1 is 0.773 bits per heavy atom. The first-order valence-electron chi connectivity index (χ1n) is 10.3. The van der Waals surface area contributed by atoms with Gasteiger partial charge in [-0.3, -0.25) is 0 Å². The monoisotopic (exact) mass is 345 g/mol. The second-order valence-corrected chi connectivity index (χ2v) is 15.9. The van der Waals surface area contributed by atoms with E-state index in [1.54, 1.807) is 31.1 Å². The molecule has 1 saturated heterocycles. The lowest BCUT2D eigenvalue weighted by Crippen LogP contribution is -2.30. The van der Waals surface area contributed by atoms with Crippen molar-refractivity contribution in [3.8, 4) is 0 Å². The van der Waals surface area contributed by atoms with Gasteiger partial charge >= 0.3 is 0 Å². The van der Waals surface area contributed by atoms with Crippen molar-refractivity contribution in [2.75, 3.05) is 24.6 Å². The number of hydrogen-bond acceptors (Lipinski definition) is 0. The summed E-state index contributed by atoms with van der Waals surface area (Å²) < 4.78 is 0. The first-order valence-corrected chi connectivity index (χ1v) is 14.7. The summed E-state index contributed by atoms with van der Waals surface area (Å²) in [5.41, 5.74) is 0.770. The molecule has 0 aromatic carbocycles. The van der Waals surface area contributed by atoms with E-state index in [4.69, 9.17) is 0 Å². The average Bonchev–Trinajstić information content (AvgIpc) is 2.56. The van der Waals surface area contributed by atoms with Crippen LogP contribution in [0.2, 0.25) is 0 Å². The van der Waals surface area contributed by atoms with E-state index in [-0.39, 0.29) is 0 Å². The number of hydrogen-bond donors (Lipinski definition) is 0. The Balaban J connectivity index is 2.65. The minimum atomic E-state index is -0.540. The highest BCUT2D eigenvalue weighted by Crippen LogP contribution is 2.79. The van der Waals surface area contributed by atoms with E-state index in [0.29, 0.717) is 0 Å². The minimum absolute atomic E-state index is 0.540. The summed E-state index contributed by atoms with van der Waals surface area (Å²) in [6, 6.07) is 0. The van der Waals surface area contributed by atoms with Gasteiger partial charge in [0, 0.05) is 21.4 Å². The van der Waals surface area contributed by atoms with Gasteiger partial charge < -0.3 is 0 Å². The highest BCUT2D eigenvalue weighted by Gasteiger charge is 2.46. The molecule has 1 aliphatic heterocycles. The molecule has 1 heterocycles. The summed E-state index contributed by atoms with van der Waals surface area (Å²) in [6.45, 7) is 8.98. The highest BCUT2D eigenvalue weighted by atomic mass is 32.1. The lowest BCUT2D eigenvalue weighted by molar-refractivity contribution is 0.252. The van der Waals surface area contributed by atoms with Crippen molar-refractivity contribution in [3.63, 3.8) is 0 Å². The van der Waals surface area contributed by atoms with Crippen LogP contribution in [0, 0.1) is 5.41 Å². The number of unbranched alkanes of at least 4 members (excludes halogenated alkanes) is 4. The van der Waals surface area contributed by atoms with Gasteiger partial charge in [-0.05, 0) is 37.5 Å². The van der Waals surface area contributed by atoms with Crippen LogP contribution in [-0.4, -0.2) is 24.6 Å². The maximum absolute atomic E-state index is 2.39. The highest BCUT2D eigenvalue weighted by molar-refractivity contribution is 8.31. The second kappa shape index (κ2) is 11.4. The van der Waals surface area contributed by atoms with E-state index in [0.717, 1.165) is 5.41 Å². The standard InChI is InChI=1S/C20H43P2/c1-5-9-13-20(14-10-6-2)15-18-22(21-19-20,16-11-7-3)17-12-8-4/h21H,5-19H2,1-4H3/q+1. The molecule has 132 valence electrons. The molecule has 0 saturated carbocycles. The molecule has 0 amide bonds. The molecular formula is C20H43P2+. The zero-order chi connectivity index (χ0) is 16.3. The summed E-state index contributed by atoms with van der Waals surface area (Å²) >= 11 is 0. The lowest BCUT2D eigenvalue weighted by Gasteiger charge is -2.43. The van der Waals surface area contributed by atoms with Crippen LogP contribution in [0.4, 0.5) is 0 Å². The molecule has 1 unspecified atom stereocenters. The Morgan fingerprint density at radius 2 is 1.27 bits per heavy atom. The molecule has 0 nitrogen and oxygen atoms in total.